The predicted octanol–water partition coefficient (Wildman–Crippen LogP) is -1.28. The second-order valence-corrected chi connectivity index (χ2v) is 27.5. The van der Waals surface area contributed by atoms with Crippen LogP contribution in [-0.4, -0.2) is 192 Å². The summed E-state index contributed by atoms with van der Waals surface area (Å²) >= 11 is 14.2. The zero-order valence-electron chi connectivity index (χ0n) is 55.4. The van der Waals surface area contributed by atoms with Crippen molar-refractivity contribution >= 4 is 79.6 Å². The monoisotopic (exact) mass is 1480 g/mol. The van der Waals surface area contributed by atoms with Gasteiger partial charge in [0.05, 0.1) is 42.6 Å². The first-order valence-electron chi connectivity index (χ1n) is 32.3. The number of carbonyl (C=O) groups is 8. The lowest BCUT2D eigenvalue weighted by Crippen LogP contribution is -2.89. The number of rotatable bonds is 14. The molecule has 7 aliphatic heterocycles. The van der Waals surface area contributed by atoms with Crippen molar-refractivity contribution in [3.63, 3.8) is 0 Å². The number of Topliss-reactive ketones (excluding diaryl/α,β-unsaturated/α-hetero) is 1. The molecule has 0 aliphatic carbocycles. The number of fused-ring (bicyclic) bond motifs is 15. The summed E-state index contributed by atoms with van der Waals surface area (Å²) < 4.78 is 38.6. The number of amides is 7. The van der Waals surface area contributed by atoms with Crippen molar-refractivity contribution in [2.24, 2.45) is 11.7 Å². The van der Waals surface area contributed by atoms with Crippen LogP contribution in [0.5, 0.6) is 46.0 Å². The lowest BCUT2D eigenvalue weighted by molar-refractivity contribution is -0.651. The second kappa shape index (κ2) is 31.2. The summed E-state index contributed by atoms with van der Waals surface area (Å²) in [5.41, 5.74) is 6.65. The molecule has 11 bridgehead atoms. The molecule has 22 N–H and O–H groups in total. The molecule has 7 aliphatic rings. The Bertz CT molecular complexity index is 4100. The Morgan fingerprint density at radius 3 is 1.94 bits per heavy atom. The summed E-state index contributed by atoms with van der Waals surface area (Å²) in [6.45, 7) is 5.91. The van der Waals surface area contributed by atoms with Crippen molar-refractivity contribution in [3.8, 4) is 57.1 Å². The standard InChI is InChI=1S/C67H78Cl2N9O23P/c1-24(2)12-35(72-5)60(90)77-51-53(85)27-7-10-40(33(68)14-27)97-42-16-29-17-43(57(42)101-66-58(56(88)55(87)44(22-79)99-66)100-46-21-67(4,71)59(89)25(3)96-46)98-41-11-8-28(15-34(41)69)54(86)52-65(95)76-50(39(83)23-102)32-18-30(80)19-38(82)47(32)31-13-26(6-9-37(31)81)48(62(92)78-52)75-63(93)49(29)74-61(91)36(20-45(70)84)73-64(51)94/h6-11,13-19,24-25,35-36,44,46,48-56,58-59,66,72,79-82,85-89H,12,20-23,71,102H2,1-5H3,(H2,70,84)(H,73,94)(H,74,91)(H,75,93)(H,76,95)(H,77,90)(H,78,92)/p+2/t25?,35-,36+,44?,46?,48-,49-,50+,51-,52+,53-,54-,55?,56?,58?,59?,66?,67+/m1/s1. The zero-order valence-corrected chi connectivity index (χ0v) is 58.0. The highest BCUT2D eigenvalue weighted by Gasteiger charge is 2.52. The fourth-order valence-electron chi connectivity index (χ4n) is 12.8. The van der Waals surface area contributed by atoms with E-state index in [0.717, 1.165) is 54.6 Å². The van der Waals surface area contributed by atoms with E-state index < -0.39 is 214 Å². The first-order chi connectivity index (χ1) is 48.2. The highest BCUT2D eigenvalue weighted by Crippen LogP contribution is 2.50. The number of halogens is 2. The van der Waals surface area contributed by atoms with Gasteiger partial charge in [-0.1, -0.05) is 55.2 Å². The molecule has 12 rings (SSSR count). The van der Waals surface area contributed by atoms with Crippen molar-refractivity contribution in [2.75, 3.05) is 19.8 Å². The van der Waals surface area contributed by atoms with E-state index in [2.05, 4.69) is 46.9 Å². The number of likely N-dealkylation sites (N-methyl/N-ethyl adjacent to an activating group) is 1. The van der Waals surface area contributed by atoms with Crippen LogP contribution < -0.4 is 62.9 Å². The molecule has 9 unspecified atom stereocenters. The number of hydrogen-bond acceptors (Lipinski definition) is 23. The molecule has 0 spiro atoms. The molecule has 35 heteroatoms. The summed E-state index contributed by atoms with van der Waals surface area (Å²) in [4.78, 5) is 118. The minimum Gasteiger partial charge on any atom is -0.508 e. The molecule has 2 saturated heterocycles. The number of phenols is 3. The smallest absolute Gasteiger partial charge is 0.278 e. The van der Waals surface area contributed by atoms with Crippen LogP contribution >= 0.6 is 32.4 Å². The molecular weight excluding hydrogens is 1400 g/mol. The van der Waals surface area contributed by atoms with Crippen LogP contribution in [0.15, 0.2) is 78.9 Å². The Morgan fingerprint density at radius 2 is 1.35 bits per heavy atom. The van der Waals surface area contributed by atoms with E-state index in [-0.39, 0.29) is 74.8 Å². The van der Waals surface area contributed by atoms with Crippen molar-refractivity contribution in [1.82, 2.24) is 31.9 Å². The van der Waals surface area contributed by atoms with Crippen LogP contribution in [0.25, 0.3) is 11.1 Å². The van der Waals surface area contributed by atoms with E-state index in [0.29, 0.717) is 0 Å². The Morgan fingerprint density at radius 1 is 0.745 bits per heavy atom. The average molecular weight is 1480 g/mol. The van der Waals surface area contributed by atoms with Gasteiger partial charge in [-0.15, -0.1) is 9.24 Å². The molecule has 5 aromatic carbocycles. The maximum absolute atomic E-state index is 16.1. The van der Waals surface area contributed by atoms with Gasteiger partial charge in [0.25, 0.3) is 5.91 Å². The molecule has 7 heterocycles. The van der Waals surface area contributed by atoms with Crippen LogP contribution in [0, 0.1) is 5.92 Å². The second-order valence-electron chi connectivity index (χ2n) is 26.3. The Hall–Kier alpha value is -8.57. The Kier molecular flexibility index (Phi) is 23.3. The average Bonchev–Trinajstić information content (AvgIpc) is 0.770. The normalized spacial score (nSPS) is 29.3. The van der Waals surface area contributed by atoms with Gasteiger partial charge in [-0.3, -0.25) is 38.4 Å². The summed E-state index contributed by atoms with van der Waals surface area (Å²) in [7, 11) is 3.79. The van der Waals surface area contributed by atoms with Crippen LogP contribution in [0.1, 0.15) is 105 Å². The molecule has 0 saturated carbocycles. The van der Waals surface area contributed by atoms with E-state index in [1.54, 1.807) is 26.2 Å². The highest BCUT2D eigenvalue weighted by atomic mass is 35.5. The van der Waals surface area contributed by atoms with Crippen molar-refractivity contribution in [3.05, 3.63) is 117 Å². The minimum absolute atomic E-state index is 0.0574. The summed E-state index contributed by atoms with van der Waals surface area (Å²) in [5.74, 6) is -14.0. The number of nitrogens with one attached hydrogen (secondary N) is 6. The molecule has 5 aromatic rings. The molecule has 0 radical (unpaired) electrons. The summed E-state index contributed by atoms with van der Waals surface area (Å²) in [6, 6.07) is 0.949. The molecule has 548 valence electrons. The quantitative estimate of drug-likeness (QED) is 0.0576. The van der Waals surface area contributed by atoms with Gasteiger partial charge in [-0.25, -0.2) is 0 Å². The number of benzene rings is 5. The van der Waals surface area contributed by atoms with Gasteiger partial charge >= 0.3 is 0 Å². The molecule has 32 nitrogen and oxygen atoms in total. The number of phenolic OH excluding ortho intramolecular Hbond substituents is 3. The van der Waals surface area contributed by atoms with E-state index in [1.807, 2.05) is 13.8 Å². The van der Waals surface area contributed by atoms with Gasteiger partial charge in [0.1, 0.15) is 107 Å². The van der Waals surface area contributed by atoms with Crippen LogP contribution in [0.4, 0.5) is 0 Å². The first kappa shape index (κ1) is 76.1. The number of ether oxygens (including phenoxy) is 6. The first-order valence-corrected chi connectivity index (χ1v) is 33.9. The molecular formula is C67H80Cl2N9O23P+2. The van der Waals surface area contributed by atoms with Crippen molar-refractivity contribution < 1.29 is 124 Å². The van der Waals surface area contributed by atoms with Gasteiger partial charge < -0.3 is 123 Å². The molecule has 19 atom stereocenters. The van der Waals surface area contributed by atoms with E-state index in [4.69, 9.17) is 57.4 Å². The van der Waals surface area contributed by atoms with Crippen molar-refractivity contribution in [1.29, 1.82) is 0 Å². The van der Waals surface area contributed by atoms with Gasteiger partial charge in [-0.2, -0.15) is 0 Å². The number of aliphatic hydroxyl groups excluding tert-OH is 6. The van der Waals surface area contributed by atoms with Gasteiger partial charge in [0.15, 0.2) is 35.7 Å². The van der Waals surface area contributed by atoms with E-state index in [9.17, 15) is 65.1 Å². The van der Waals surface area contributed by atoms with E-state index in [1.165, 1.54) is 24.3 Å². The number of ketones is 1. The Labute approximate surface area is 594 Å². The third kappa shape index (κ3) is 16.1. The number of carbonyl (C=O) groups excluding carboxylic acids is 8. The maximum atomic E-state index is 16.1. The van der Waals surface area contributed by atoms with Crippen LogP contribution in [-0.2, 0) is 52.6 Å². The molecule has 0 aromatic heterocycles. The number of hydrogen-bond donors (Lipinski definition) is 18. The third-order valence-electron chi connectivity index (χ3n) is 18.2. The number of nitrogens with two attached hydrogens (primary N) is 2. The number of primary amides is 1. The predicted molar refractivity (Wildman–Crippen MR) is 359 cm³/mol. The largest absolute Gasteiger partial charge is 0.508 e. The third-order valence-corrected chi connectivity index (χ3v) is 19.2. The number of aromatic hydroxyl groups is 3. The fourth-order valence-corrected chi connectivity index (χ4v) is 13.5. The van der Waals surface area contributed by atoms with Gasteiger partial charge in [-0.05, 0) is 102 Å². The van der Waals surface area contributed by atoms with Crippen LogP contribution in [0.3, 0.4) is 0 Å². The SMILES string of the molecule is C[NH2+][C@H](CC(C)C)C(=O)N[C@H]1C(=O)N[C@@H](CC(N)=O)C(=O)N[C@H]2C(=O)N[C@H]3C(=O)N[C@H](C(=O)N[C@H](C(=O)CP)c4cc(O)cc(O)c4-c4cc3ccc4O)[C@H](O)c3ccc(c(Cl)c3)Oc3cc2cc(c3OC2OC(CO)C(O)C(O)C2OC2C[C@](C)([NH3+])C(O)C(C)O2)Oc2ccc(cc2Cl)[C@H]1O. The zero-order chi connectivity index (χ0) is 74.2. The van der Waals surface area contributed by atoms with Crippen LogP contribution in [0.2, 0.25) is 10.0 Å². The molecule has 2 fully saturated rings. The maximum Gasteiger partial charge on any atom is 0.278 e. The van der Waals surface area contributed by atoms with Crippen molar-refractivity contribution in [2.45, 2.75) is 156 Å². The lowest BCUT2D eigenvalue weighted by atomic mass is 9.86. The molecule has 102 heavy (non-hydrogen) atoms. The van der Waals surface area contributed by atoms with E-state index >= 15 is 19.2 Å². The highest BCUT2D eigenvalue weighted by molar-refractivity contribution is 7.18. The number of aliphatic hydroxyl groups is 6. The summed E-state index contributed by atoms with van der Waals surface area (Å²) in [5, 5.41) is 120. The number of quaternary nitrogens is 2. The fraction of sp³-hybridized carbons (Fsp3) is 0.433. The topological polar surface area (TPSA) is 516 Å². The van der Waals surface area contributed by atoms with Gasteiger partial charge in [0.2, 0.25) is 47.5 Å². The van der Waals surface area contributed by atoms with Gasteiger partial charge in [0, 0.05) is 29.8 Å². The lowest BCUT2D eigenvalue weighted by Gasteiger charge is -2.45. The Balaban J connectivity index is 1.24. The molecule has 7 amide bonds. The summed E-state index contributed by atoms with van der Waals surface area (Å²) in [6.07, 6.45) is -18.2. The minimum atomic E-state index is -2.31.